The molecule has 1 unspecified atom stereocenters. The van der Waals surface area contributed by atoms with Crippen molar-refractivity contribution in [2.75, 3.05) is 31.9 Å². The maximum atomic E-state index is 12.1. The van der Waals surface area contributed by atoms with Gasteiger partial charge in [0.1, 0.15) is 5.60 Å². The zero-order valence-electron chi connectivity index (χ0n) is 14.0. The number of ether oxygens (including phenoxy) is 1. The number of rotatable bonds is 2. The van der Waals surface area contributed by atoms with Crippen molar-refractivity contribution in [2.24, 2.45) is 0 Å². The molecule has 122 valence electrons. The number of amides is 1. The van der Waals surface area contributed by atoms with E-state index >= 15 is 0 Å². The first kappa shape index (κ1) is 16.6. The Kier molecular flexibility index (Phi) is 4.96. The van der Waals surface area contributed by atoms with E-state index < -0.39 is 5.60 Å². The van der Waals surface area contributed by atoms with E-state index in [4.69, 9.17) is 10.5 Å². The van der Waals surface area contributed by atoms with Crippen LogP contribution in [0.4, 0.5) is 10.5 Å². The van der Waals surface area contributed by atoms with Crippen molar-refractivity contribution in [3.63, 3.8) is 0 Å². The van der Waals surface area contributed by atoms with Crippen LogP contribution in [0.3, 0.4) is 0 Å². The van der Waals surface area contributed by atoms with Gasteiger partial charge in [-0.15, -0.1) is 0 Å². The highest BCUT2D eigenvalue weighted by molar-refractivity contribution is 5.68. The summed E-state index contributed by atoms with van der Waals surface area (Å²) in [5, 5.41) is 0. The van der Waals surface area contributed by atoms with E-state index in [-0.39, 0.29) is 6.09 Å². The topological polar surface area (TPSA) is 58.8 Å². The van der Waals surface area contributed by atoms with Gasteiger partial charge in [0.05, 0.1) is 0 Å². The molecule has 0 radical (unpaired) electrons. The summed E-state index contributed by atoms with van der Waals surface area (Å²) in [7, 11) is 0. The fourth-order valence-electron chi connectivity index (χ4n) is 2.60. The van der Waals surface area contributed by atoms with Crippen molar-refractivity contribution >= 4 is 11.8 Å². The zero-order valence-corrected chi connectivity index (χ0v) is 14.0. The molecule has 0 aromatic heterocycles. The number of hydrogen-bond acceptors (Lipinski definition) is 4. The molecule has 0 spiro atoms. The van der Waals surface area contributed by atoms with E-state index in [0.29, 0.717) is 19.1 Å². The predicted molar refractivity (Wildman–Crippen MR) is 88.6 cm³/mol. The minimum absolute atomic E-state index is 0.215. The number of nitrogens with zero attached hydrogens (tertiary/aromatic N) is 2. The fourth-order valence-corrected chi connectivity index (χ4v) is 2.60. The number of carbonyl (C=O) groups is 1. The van der Waals surface area contributed by atoms with E-state index in [1.165, 1.54) is 5.56 Å². The summed E-state index contributed by atoms with van der Waals surface area (Å²) >= 11 is 0. The molecule has 1 saturated heterocycles. The molecule has 2 N–H and O–H groups in total. The highest BCUT2D eigenvalue weighted by Crippen LogP contribution is 2.23. The van der Waals surface area contributed by atoms with Crippen LogP contribution in [-0.2, 0) is 4.74 Å². The first-order valence-electron chi connectivity index (χ1n) is 7.84. The third kappa shape index (κ3) is 4.37. The quantitative estimate of drug-likeness (QED) is 0.854. The van der Waals surface area contributed by atoms with Gasteiger partial charge in [-0.25, -0.2) is 4.79 Å². The number of piperazine rings is 1. The summed E-state index contributed by atoms with van der Waals surface area (Å²) in [6.45, 7) is 11.0. The van der Waals surface area contributed by atoms with Gasteiger partial charge in [0.15, 0.2) is 0 Å². The third-order valence-electron chi connectivity index (χ3n) is 3.93. The van der Waals surface area contributed by atoms with Crippen molar-refractivity contribution in [1.82, 2.24) is 9.80 Å². The Bertz CT molecular complexity index is 500. The highest BCUT2D eigenvalue weighted by atomic mass is 16.6. The van der Waals surface area contributed by atoms with Crippen LogP contribution < -0.4 is 5.73 Å². The molecule has 0 saturated carbocycles. The third-order valence-corrected chi connectivity index (χ3v) is 3.93. The number of benzene rings is 1. The van der Waals surface area contributed by atoms with Gasteiger partial charge in [0.25, 0.3) is 0 Å². The summed E-state index contributed by atoms with van der Waals surface area (Å²) in [5.41, 5.74) is 7.33. The number of anilines is 1. The van der Waals surface area contributed by atoms with Crippen molar-refractivity contribution in [1.29, 1.82) is 0 Å². The summed E-state index contributed by atoms with van der Waals surface area (Å²) in [6.07, 6.45) is -0.215. The molecule has 1 aliphatic heterocycles. The maximum absolute atomic E-state index is 12.1. The number of nitrogen functional groups attached to an aromatic ring is 1. The van der Waals surface area contributed by atoms with Crippen LogP contribution in [0.2, 0.25) is 0 Å². The van der Waals surface area contributed by atoms with Gasteiger partial charge in [0.2, 0.25) is 0 Å². The Balaban J connectivity index is 1.89. The van der Waals surface area contributed by atoms with Gasteiger partial charge in [0, 0.05) is 37.9 Å². The smallest absolute Gasteiger partial charge is 0.410 e. The molecule has 1 amide bonds. The Hall–Kier alpha value is -1.75. The largest absolute Gasteiger partial charge is 0.444 e. The molecule has 1 atom stereocenters. The minimum atomic E-state index is -0.439. The summed E-state index contributed by atoms with van der Waals surface area (Å²) in [6, 6.07) is 8.33. The number of nitrogens with two attached hydrogens (primary N) is 1. The van der Waals surface area contributed by atoms with Gasteiger partial charge in [-0.1, -0.05) is 12.1 Å². The Morgan fingerprint density at radius 3 is 2.18 bits per heavy atom. The highest BCUT2D eigenvalue weighted by Gasteiger charge is 2.27. The molecule has 0 bridgehead atoms. The van der Waals surface area contributed by atoms with E-state index in [1.54, 1.807) is 4.90 Å². The van der Waals surface area contributed by atoms with E-state index in [9.17, 15) is 4.79 Å². The Morgan fingerprint density at radius 1 is 1.14 bits per heavy atom. The second kappa shape index (κ2) is 6.57. The lowest BCUT2D eigenvalue weighted by molar-refractivity contribution is 0.0110. The Labute approximate surface area is 133 Å². The van der Waals surface area contributed by atoms with Gasteiger partial charge in [-0.2, -0.15) is 0 Å². The first-order chi connectivity index (χ1) is 10.3. The molecule has 2 rings (SSSR count). The van der Waals surface area contributed by atoms with Crippen molar-refractivity contribution in [2.45, 2.75) is 39.3 Å². The molecular formula is C17H27N3O2. The lowest BCUT2D eigenvalue weighted by Gasteiger charge is -2.38. The number of carbonyl (C=O) groups excluding carboxylic acids is 1. The zero-order chi connectivity index (χ0) is 16.3. The molecule has 22 heavy (non-hydrogen) atoms. The van der Waals surface area contributed by atoms with Crippen molar-refractivity contribution in [3.8, 4) is 0 Å². The number of hydrogen-bond donors (Lipinski definition) is 1. The van der Waals surface area contributed by atoms with Crippen LogP contribution in [0, 0.1) is 0 Å². The van der Waals surface area contributed by atoms with E-state index in [2.05, 4.69) is 24.0 Å². The van der Waals surface area contributed by atoms with Crippen molar-refractivity contribution in [3.05, 3.63) is 29.8 Å². The summed E-state index contributed by atoms with van der Waals surface area (Å²) in [4.78, 5) is 16.2. The van der Waals surface area contributed by atoms with Gasteiger partial charge < -0.3 is 15.4 Å². The van der Waals surface area contributed by atoms with E-state index in [0.717, 1.165) is 18.8 Å². The van der Waals surface area contributed by atoms with Crippen LogP contribution in [-0.4, -0.2) is 47.7 Å². The fraction of sp³-hybridized carbons (Fsp3) is 0.588. The second-order valence-corrected chi connectivity index (χ2v) is 6.85. The van der Waals surface area contributed by atoms with Gasteiger partial charge >= 0.3 is 6.09 Å². The summed E-state index contributed by atoms with van der Waals surface area (Å²) < 4.78 is 5.43. The molecule has 1 aliphatic rings. The predicted octanol–water partition coefficient (Wildman–Crippen LogP) is 2.88. The van der Waals surface area contributed by atoms with Crippen LogP contribution >= 0.6 is 0 Å². The molecule has 0 aliphatic carbocycles. The first-order valence-corrected chi connectivity index (χ1v) is 7.84. The molecule has 1 aromatic rings. The van der Waals surface area contributed by atoms with E-state index in [1.807, 2.05) is 32.9 Å². The molecule has 1 aromatic carbocycles. The second-order valence-electron chi connectivity index (χ2n) is 6.85. The molecule has 5 heteroatoms. The normalized spacial score (nSPS) is 18.1. The average molecular weight is 305 g/mol. The molecule has 5 nitrogen and oxygen atoms in total. The molecular weight excluding hydrogens is 278 g/mol. The Morgan fingerprint density at radius 2 is 1.68 bits per heavy atom. The van der Waals surface area contributed by atoms with Crippen LogP contribution in [0.25, 0.3) is 0 Å². The van der Waals surface area contributed by atoms with Gasteiger partial charge in [-0.3, -0.25) is 4.90 Å². The lowest BCUT2D eigenvalue weighted by Crippen LogP contribution is -2.50. The van der Waals surface area contributed by atoms with Crippen LogP contribution in [0.15, 0.2) is 24.3 Å². The van der Waals surface area contributed by atoms with Crippen molar-refractivity contribution < 1.29 is 9.53 Å². The van der Waals surface area contributed by atoms with Gasteiger partial charge in [-0.05, 0) is 45.4 Å². The van der Waals surface area contributed by atoms with Crippen LogP contribution in [0.5, 0.6) is 0 Å². The maximum Gasteiger partial charge on any atom is 0.410 e. The standard InChI is InChI=1S/C17H27N3O2/c1-13(14-5-7-15(18)8-6-14)19-9-11-20(12-10-19)16(21)22-17(2,3)4/h5-8,13H,9-12,18H2,1-4H3. The van der Waals surface area contributed by atoms with Crippen LogP contribution in [0.1, 0.15) is 39.3 Å². The minimum Gasteiger partial charge on any atom is -0.444 e. The monoisotopic (exact) mass is 305 g/mol. The lowest BCUT2D eigenvalue weighted by atomic mass is 10.1. The SMILES string of the molecule is CC(c1ccc(N)cc1)N1CCN(C(=O)OC(C)(C)C)CC1. The molecule has 1 heterocycles. The average Bonchev–Trinajstić information content (AvgIpc) is 2.46. The summed E-state index contributed by atoms with van der Waals surface area (Å²) in [5.74, 6) is 0. The molecule has 1 fully saturated rings.